The molecule has 0 radical (unpaired) electrons. The highest BCUT2D eigenvalue weighted by Crippen LogP contribution is 2.45. The van der Waals surface area contributed by atoms with E-state index in [2.05, 4.69) is 26.1 Å². The lowest BCUT2D eigenvalue weighted by atomic mass is 9.72. The van der Waals surface area contributed by atoms with Crippen LogP contribution in [0, 0.1) is 18.3 Å². The molecule has 2 aromatic heterocycles. The van der Waals surface area contributed by atoms with Gasteiger partial charge >= 0.3 is 0 Å². The number of hydrogen-bond donors (Lipinski definition) is 1. The fourth-order valence-corrected chi connectivity index (χ4v) is 6.34. The van der Waals surface area contributed by atoms with Crippen LogP contribution in [0.25, 0.3) is 11.3 Å². The van der Waals surface area contributed by atoms with Crippen LogP contribution in [0.5, 0.6) is 0 Å². The van der Waals surface area contributed by atoms with Crippen LogP contribution in [0.2, 0.25) is 5.02 Å². The molecular formula is C31H31ClN2O2S. The highest BCUT2D eigenvalue weighted by molar-refractivity contribution is 7.16. The van der Waals surface area contributed by atoms with Crippen molar-refractivity contribution < 1.29 is 9.21 Å². The largest absolute Gasteiger partial charge is 0.455 e. The number of fused-ring (bicyclic) bond motifs is 1. The Bertz CT molecular complexity index is 1460. The lowest BCUT2D eigenvalue weighted by molar-refractivity contribution is 0.102. The number of rotatable bonds is 5. The molecule has 0 saturated carbocycles. The second-order valence-electron chi connectivity index (χ2n) is 10.7. The number of aryl methyl sites for hydroxylation is 1. The van der Waals surface area contributed by atoms with Gasteiger partial charge in [-0.1, -0.05) is 56.6 Å². The van der Waals surface area contributed by atoms with Gasteiger partial charge < -0.3 is 9.73 Å². The first-order valence-electron chi connectivity index (χ1n) is 12.6. The standard InChI is InChI=1S/C31H31ClN2O2S/c1-19-10-12-21(32)17-25(19)26-15-13-23(36-26)18-33-30-28(29(35)34-22-8-6-5-7-9-22)24-14-11-20(31(2,3)4)16-27(24)37-30/h5-10,12-13,15,17-18,20H,11,14,16H2,1-4H3,(H,34,35)/t20-/m0/s1. The van der Waals surface area contributed by atoms with Gasteiger partial charge in [-0.15, -0.1) is 11.3 Å². The van der Waals surface area contributed by atoms with Crippen molar-refractivity contribution in [1.29, 1.82) is 0 Å². The van der Waals surface area contributed by atoms with E-state index in [0.717, 1.165) is 52.4 Å². The molecule has 0 fully saturated rings. The molecule has 1 aliphatic rings. The number of aliphatic imine (C=N–C) groups is 1. The molecule has 37 heavy (non-hydrogen) atoms. The number of nitrogens with one attached hydrogen (secondary N) is 1. The van der Waals surface area contributed by atoms with Crippen LogP contribution in [-0.4, -0.2) is 12.1 Å². The van der Waals surface area contributed by atoms with E-state index < -0.39 is 0 Å². The summed E-state index contributed by atoms with van der Waals surface area (Å²) in [5.41, 5.74) is 4.86. The van der Waals surface area contributed by atoms with Gasteiger partial charge in [0.1, 0.15) is 16.5 Å². The van der Waals surface area contributed by atoms with E-state index in [9.17, 15) is 4.79 Å². The fourth-order valence-electron chi connectivity index (χ4n) is 4.90. The number of furan rings is 1. The summed E-state index contributed by atoms with van der Waals surface area (Å²) in [6.07, 6.45) is 4.65. The molecule has 1 aliphatic carbocycles. The number of para-hydroxylation sites is 1. The monoisotopic (exact) mass is 530 g/mol. The number of nitrogens with zero attached hydrogens (tertiary/aromatic N) is 1. The molecule has 4 nitrogen and oxygen atoms in total. The third-order valence-electron chi connectivity index (χ3n) is 7.13. The van der Waals surface area contributed by atoms with E-state index in [1.54, 1.807) is 17.6 Å². The second-order valence-corrected chi connectivity index (χ2v) is 12.2. The summed E-state index contributed by atoms with van der Waals surface area (Å²) >= 11 is 7.83. The summed E-state index contributed by atoms with van der Waals surface area (Å²) < 4.78 is 6.08. The van der Waals surface area contributed by atoms with Gasteiger partial charge in [0.25, 0.3) is 5.91 Å². The molecule has 1 N–H and O–H groups in total. The molecule has 2 heterocycles. The first-order chi connectivity index (χ1) is 17.7. The minimum absolute atomic E-state index is 0.111. The zero-order valence-electron chi connectivity index (χ0n) is 21.6. The summed E-state index contributed by atoms with van der Waals surface area (Å²) in [6, 6.07) is 19.2. The van der Waals surface area contributed by atoms with Crippen molar-refractivity contribution >= 4 is 45.7 Å². The van der Waals surface area contributed by atoms with E-state index in [-0.39, 0.29) is 11.3 Å². The van der Waals surface area contributed by atoms with Crippen molar-refractivity contribution in [3.63, 3.8) is 0 Å². The number of carbonyl (C=O) groups is 1. The fraction of sp³-hybridized carbons (Fsp3) is 0.290. The van der Waals surface area contributed by atoms with Crippen LogP contribution < -0.4 is 5.32 Å². The predicted octanol–water partition coefficient (Wildman–Crippen LogP) is 9.12. The third-order valence-corrected chi connectivity index (χ3v) is 8.53. The lowest BCUT2D eigenvalue weighted by Crippen LogP contribution is -2.27. The molecule has 0 saturated heterocycles. The van der Waals surface area contributed by atoms with E-state index in [1.165, 1.54) is 4.88 Å². The average molecular weight is 531 g/mol. The number of anilines is 1. The summed E-state index contributed by atoms with van der Waals surface area (Å²) in [5.74, 6) is 1.83. The Labute approximate surface area is 227 Å². The van der Waals surface area contributed by atoms with E-state index in [0.29, 0.717) is 22.3 Å². The van der Waals surface area contributed by atoms with Crippen molar-refractivity contribution in [1.82, 2.24) is 0 Å². The highest BCUT2D eigenvalue weighted by Gasteiger charge is 2.33. The Morgan fingerprint density at radius 2 is 1.92 bits per heavy atom. The minimum Gasteiger partial charge on any atom is -0.455 e. The van der Waals surface area contributed by atoms with Crippen LogP contribution in [0.1, 0.15) is 59.3 Å². The number of benzene rings is 2. The maximum atomic E-state index is 13.5. The maximum absolute atomic E-state index is 13.5. The van der Waals surface area contributed by atoms with E-state index in [4.69, 9.17) is 21.0 Å². The molecule has 1 amide bonds. The molecular weight excluding hydrogens is 500 g/mol. The lowest BCUT2D eigenvalue weighted by Gasteiger charge is -2.33. The quantitative estimate of drug-likeness (QED) is 0.261. The highest BCUT2D eigenvalue weighted by atomic mass is 35.5. The topological polar surface area (TPSA) is 54.6 Å². The van der Waals surface area contributed by atoms with Gasteiger partial charge in [0.15, 0.2) is 0 Å². The van der Waals surface area contributed by atoms with Crippen LogP contribution in [0.15, 0.2) is 70.1 Å². The molecule has 0 spiro atoms. The molecule has 190 valence electrons. The van der Waals surface area contributed by atoms with Gasteiger partial charge in [-0.25, -0.2) is 4.99 Å². The molecule has 0 aliphatic heterocycles. The van der Waals surface area contributed by atoms with Gasteiger partial charge in [-0.05, 0) is 85.0 Å². The van der Waals surface area contributed by atoms with Gasteiger partial charge in [-0.2, -0.15) is 0 Å². The predicted molar refractivity (Wildman–Crippen MR) is 155 cm³/mol. The number of thiophene rings is 1. The Balaban J connectivity index is 1.48. The van der Waals surface area contributed by atoms with Crippen molar-refractivity contribution in [2.45, 2.75) is 47.0 Å². The summed E-state index contributed by atoms with van der Waals surface area (Å²) in [5, 5.41) is 4.46. The Kier molecular flexibility index (Phi) is 7.11. The normalized spacial score (nSPS) is 15.6. The average Bonchev–Trinajstić information content (AvgIpc) is 3.48. The summed E-state index contributed by atoms with van der Waals surface area (Å²) in [6.45, 7) is 8.93. The van der Waals surface area contributed by atoms with Gasteiger partial charge in [0.05, 0.1) is 11.8 Å². The molecule has 5 rings (SSSR count). The van der Waals surface area contributed by atoms with Crippen LogP contribution in [0.3, 0.4) is 0 Å². The van der Waals surface area contributed by atoms with Crippen LogP contribution in [-0.2, 0) is 12.8 Å². The third kappa shape index (κ3) is 5.58. The smallest absolute Gasteiger partial charge is 0.259 e. The SMILES string of the molecule is Cc1ccc(Cl)cc1-c1ccc(C=Nc2sc3c(c2C(=O)Nc2ccccc2)CC[C@H](C(C)(C)C)C3)o1. The molecule has 4 aromatic rings. The number of hydrogen-bond acceptors (Lipinski definition) is 4. The summed E-state index contributed by atoms with van der Waals surface area (Å²) in [7, 11) is 0. The Morgan fingerprint density at radius 3 is 2.68 bits per heavy atom. The molecule has 0 bridgehead atoms. The van der Waals surface area contributed by atoms with Crippen molar-refractivity contribution in [3.05, 3.63) is 93.0 Å². The second kappa shape index (κ2) is 10.3. The number of amides is 1. The first kappa shape index (κ1) is 25.5. The van der Waals surface area contributed by atoms with Crippen molar-refractivity contribution in [2.75, 3.05) is 5.32 Å². The van der Waals surface area contributed by atoms with E-state index in [1.807, 2.05) is 67.6 Å². The number of halogens is 1. The van der Waals surface area contributed by atoms with Crippen LogP contribution in [0.4, 0.5) is 10.7 Å². The first-order valence-corrected chi connectivity index (χ1v) is 13.8. The molecule has 0 unspecified atom stereocenters. The van der Waals surface area contributed by atoms with Crippen LogP contribution >= 0.6 is 22.9 Å². The van der Waals surface area contributed by atoms with Gasteiger partial charge in [-0.3, -0.25) is 4.79 Å². The molecule has 1 atom stereocenters. The Morgan fingerprint density at radius 1 is 1.14 bits per heavy atom. The molecule has 2 aromatic carbocycles. The van der Waals surface area contributed by atoms with Gasteiger partial charge in [0.2, 0.25) is 0 Å². The van der Waals surface area contributed by atoms with Gasteiger partial charge in [0, 0.05) is 21.2 Å². The zero-order chi connectivity index (χ0) is 26.2. The van der Waals surface area contributed by atoms with E-state index >= 15 is 0 Å². The van der Waals surface area contributed by atoms with Crippen molar-refractivity contribution in [3.8, 4) is 11.3 Å². The minimum atomic E-state index is -0.111. The maximum Gasteiger partial charge on any atom is 0.259 e. The Hall–Kier alpha value is -3.15. The van der Waals surface area contributed by atoms with Crippen molar-refractivity contribution in [2.24, 2.45) is 16.3 Å². The number of carbonyl (C=O) groups excluding carboxylic acids is 1. The zero-order valence-corrected chi connectivity index (χ0v) is 23.2. The molecule has 6 heteroatoms. The summed E-state index contributed by atoms with van der Waals surface area (Å²) in [4.78, 5) is 19.6.